The number of carbonyl (C=O) groups is 1. The highest BCUT2D eigenvalue weighted by Gasteiger charge is 2.34. The molecule has 0 aliphatic rings. The highest BCUT2D eigenvalue weighted by atomic mass is 32.2. The third kappa shape index (κ3) is 6.69. The van der Waals surface area contributed by atoms with Crippen LogP contribution in [-0.2, 0) is 17.5 Å². The zero-order valence-corrected chi connectivity index (χ0v) is 22.9. The van der Waals surface area contributed by atoms with Crippen LogP contribution in [0.4, 0.5) is 24.8 Å². The van der Waals surface area contributed by atoms with Gasteiger partial charge in [-0.3, -0.25) is 4.79 Å². The van der Waals surface area contributed by atoms with Crippen molar-refractivity contribution in [3.8, 4) is 22.8 Å². The molecule has 3 aromatic heterocycles. The van der Waals surface area contributed by atoms with Crippen LogP contribution in [0.25, 0.3) is 16.9 Å². The number of anilines is 2. The molecule has 0 radical (unpaired) electrons. The molecule has 1 aromatic carbocycles. The topological polar surface area (TPSA) is 127 Å². The Morgan fingerprint density at radius 2 is 1.85 bits per heavy atom. The molecule has 0 bridgehead atoms. The van der Waals surface area contributed by atoms with Crippen LogP contribution in [0.2, 0.25) is 0 Å². The zero-order valence-electron chi connectivity index (χ0n) is 22.1. The van der Waals surface area contributed by atoms with Gasteiger partial charge < -0.3 is 10.1 Å². The molecule has 0 aliphatic carbocycles. The number of aromatic nitrogens is 5. The lowest BCUT2D eigenvalue weighted by atomic mass is 10.1. The minimum Gasteiger partial charge on any atom is -0.480 e. The molecular formula is C26H27F3N7O3S+. The minimum atomic E-state index is -4.66. The van der Waals surface area contributed by atoms with Gasteiger partial charge in [0, 0.05) is 35.4 Å². The summed E-state index contributed by atoms with van der Waals surface area (Å²) in [5.74, 6) is -0.113. The molecular weight excluding hydrogens is 547 g/mol. The van der Waals surface area contributed by atoms with Crippen molar-refractivity contribution in [1.82, 2.24) is 29.5 Å². The van der Waals surface area contributed by atoms with Gasteiger partial charge in [-0.2, -0.15) is 27.8 Å². The summed E-state index contributed by atoms with van der Waals surface area (Å²) in [5, 5.41) is 6.76. The third-order valence-electron chi connectivity index (χ3n) is 5.55. The third-order valence-corrected chi connectivity index (χ3v) is 6.77. The van der Waals surface area contributed by atoms with Crippen LogP contribution in [0.15, 0.2) is 48.9 Å². The van der Waals surface area contributed by atoms with Crippen LogP contribution >= 0.6 is 0 Å². The number of benzene rings is 1. The van der Waals surface area contributed by atoms with E-state index in [0.29, 0.717) is 23.4 Å². The largest absolute Gasteiger partial charge is 0.480 e. The van der Waals surface area contributed by atoms with Crippen molar-refractivity contribution < 1.29 is 27.3 Å². The molecule has 3 N–H and O–H groups in total. The lowest BCUT2D eigenvalue weighted by molar-refractivity contribution is -0.141. The molecule has 0 saturated heterocycles. The van der Waals surface area contributed by atoms with Crippen molar-refractivity contribution in [2.24, 2.45) is 0 Å². The van der Waals surface area contributed by atoms with Gasteiger partial charge in [-0.1, -0.05) is 13.0 Å². The summed E-state index contributed by atoms with van der Waals surface area (Å²) in [5.41, 5.74) is 2.19. The lowest BCUT2D eigenvalue weighted by Gasteiger charge is -2.14. The highest BCUT2D eigenvalue weighted by molar-refractivity contribution is 7.90. The fourth-order valence-electron chi connectivity index (χ4n) is 3.91. The maximum Gasteiger partial charge on any atom is 0.435 e. The Balaban J connectivity index is 1.81. The van der Waals surface area contributed by atoms with Crippen molar-refractivity contribution in [2.45, 2.75) is 33.4 Å². The Labute approximate surface area is 231 Å². The fourth-order valence-corrected chi connectivity index (χ4v) is 4.72. The summed E-state index contributed by atoms with van der Waals surface area (Å²) >= 11 is -1.36. The second kappa shape index (κ2) is 11.9. The van der Waals surface area contributed by atoms with E-state index >= 15 is 0 Å². The summed E-state index contributed by atoms with van der Waals surface area (Å²) in [4.78, 5) is 25.9. The average molecular weight is 575 g/mol. The molecule has 1 atom stereocenters. The number of methoxy groups -OCH3 is 1. The number of hydrogen-bond acceptors (Lipinski definition) is 8. The van der Waals surface area contributed by atoms with E-state index < -0.39 is 29.1 Å². The maximum atomic E-state index is 13.4. The maximum absolute atomic E-state index is 13.4. The number of ether oxygens (including phenoxy) is 1. The summed E-state index contributed by atoms with van der Waals surface area (Å²) in [6.07, 6.45) is -0.0785. The van der Waals surface area contributed by atoms with Gasteiger partial charge in [0.1, 0.15) is 5.56 Å². The molecule has 0 saturated carbocycles. The summed E-state index contributed by atoms with van der Waals surface area (Å²) in [7, 11) is 1.34. The van der Waals surface area contributed by atoms with E-state index in [9.17, 15) is 22.5 Å². The Hall–Kier alpha value is -4.17. The zero-order chi connectivity index (χ0) is 29.0. The molecule has 10 nitrogen and oxygen atoms in total. The molecule has 3 heterocycles. The smallest absolute Gasteiger partial charge is 0.435 e. The van der Waals surface area contributed by atoms with Crippen LogP contribution in [0.5, 0.6) is 5.88 Å². The molecule has 14 heteroatoms. The van der Waals surface area contributed by atoms with E-state index in [1.54, 1.807) is 0 Å². The predicted octanol–water partition coefficient (Wildman–Crippen LogP) is 5.26. The Bertz CT molecular complexity index is 1510. The van der Waals surface area contributed by atoms with Crippen LogP contribution in [0.3, 0.4) is 0 Å². The van der Waals surface area contributed by atoms with Crippen molar-refractivity contribution in [2.75, 3.05) is 18.2 Å². The van der Waals surface area contributed by atoms with E-state index in [-0.39, 0.29) is 28.8 Å². The molecule has 0 aliphatic heterocycles. The van der Waals surface area contributed by atoms with Gasteiger partial charge in [0.25, 0.3) is 17.3 Å². The van der Waals surface area contributed by atoms with Gasteiger partial charge in [0.15, 0.2) is 17.3 Å². The standard InChI is InChI=1S/C26H26F3N7O3S/c1-5-8-40(38)35-23(37)19-12-17(13-30-24(19)39-4)20-14-31-25(32-18-10-15(2)9-16(3)11-18)33-22(20)36-7-6-21(34-36)26(27,28)29/h6-7,9-14,38H,5,8H2,1-4H3,(H-,31,32,33,35,37)/p+1. The van der Waals surface area contributed by atoms with Crippen molar-refractivity contribution in [1.29, 1.82) is 0 Å². The Morgan fingerprint density at radius 3 is 2.48 bits per heavy atom. The van der Waals surface area contributed by atoms with Gasteiger partial charge in [-0.15, -0.1) is 4.72 Å². The van der Waals surface area contributed by atoms with Crippen LogP contribution in [0, 0.1) is 13.8 Å². The normalized spacial score (nSPS) is 12.2. The number of carbonyl (C=O) groups excluding carboxylic acids is 1. The van der Waals surface area contributed by atoms with E-state index in [1.807, 2.05) is 39.0 Å². The summed E-state index contributed by atoms with van der Waals surface area (Å²) in [6, 6.07) is 8.04. The predicted molar refractivity (Wildman–Crippen MR) is 146 cm³/mol. The van der Waals surface area contributed by atoms with Crippen molar-refractivity contribution >= 4 is 28.9 Å². The van der Waals surface area contributed by atoms with Crippen LogP contribution in [-0.4, -0.2) is 48.1 Å². The molecule has 4 aromatic rings. The molecule has 40 heavy (non-hydrogen) atoms. The quantitative estimate of drug-likeness (QED) is 0.231. The number of hydrogen-bond donors (Lipinski definition) is 3. The molecule has 1 unspecified atom stereocenters. The number of nitrogens with zero attached hydrogens (tertiary/aromatic N) is 5. The molecule has 1 amide bonds. The summed E-state index contributed by atoms with van der Waals surface area (Å²) < 4.78 is 58.9. The number of rotatable bonds is 9. The van der Waals surface area contributed by atoms with Crippen LogP contribution in [0.1, 0.15) is 40.5 Å². The van der Waals surface area contributed by atoms with Crippen LogP contribution < -0.4 is 14.8 Å². The first-order valence-electron chi connectivity index (χ1n) is 12.1. The number of pyridine rings is 1. The van der Waals surface area contributed by atoms with E-state index in [4.69, 9.17) is 4.74 Å². The first-order chi connectivity index (χ1) is 19.0. The van der Waals surface area contributed by atoms with Gasteiger partial charge in [0.05, 0.1) is 7.11 Å². The number of amides is 1. The Kier molecular flexibility index (Phi) is 8.59. The molecule has 0 spiro atoms. The highest BCUT2D eigenvalue weighted by Crippen LogP contribution is 2.32. The van der Waals surface area contributed by atoms with E-state index in [2.05, 4.69) is 30.1 Å². The van der Waals surface area contributed by atoms with Crippen molar-refractivity contribution in [3.63, 3.8) is 0 Å². The lowest BCUT2D eigenvalue weighted by Crippen LogP contribution is -2.32. The molecule has 210 valence electrons. The van der Waals surface area contributed by atoms with Gasteiger partial charge in [0.2, 0.25) is 11.8 Å². The first-order valence-corrected chi connectivity index (χ1v) is 13.4. The first kappa shape index (κ1) is 28.8. The average Bonchev–Trinajstić information content (AvgIpc) is 3.39. The van der Waals surface area contributed by atoms with Crippen molar-refractivity contribution in [3.05, 3.63) is 71.3 Å². The number of nitrogens with one attached hydrogen (secondary N) is 2. The number of alkyl halides is 3. The number of aryl methyl sites for hydroxylation is 2. The van der Waals surface area contributed by atoms with Gasteiger partial charge in [-0.05, 0) is 55.7 Å². The Morgan fingerprint density at radius 1 is 1.12 bits per heavy atom. The van der Waals surface area contributed by atoms with Gasteiger partial charge in [-0.25, -0.2) is 14.6 Å². The summed E-state index contributed by atoms with van der Waals surface area (Å²) in [6.45, 7) is 5.73. The SMILES string of the molecule is CCC[S+](O)NC(=O)c1cc(-c2cnc(Nc3cc(C)cc(C)c3)nc2-n2ccc(C(F)(F)F)n2)cnc1OC. The monoisotopic (exact) mass is 574 g/mol. The van der Waals surface area contributed by atoms with Gasteiger partial charge >= 0.3 is 6.18 Å². The van der Waals surface area contributed by atoms with E-state index in [0.717, 1.165) is 28.1 Å². The fraction of sp³-hybridized carbons (Fsp3) is 0.269. The van der Waals surface area contributed by atoms with E-state index in [1.165, 1.54) is 25.6 Å². The minimum absolute atomic E-state index is 0.00349. The second-order valence-corrected chi connectivity index (χ2v) is 10.2. The number of halogens is 3. The molecule has 4 rings (SSSR count). The molecule has 0 fully saturated rings. The second-order valence-electron chi connectivity index (χ2n) is 8.86.